The number of H-pyrrole nitrogens is 1. The molecule has 0 bridgehead atoms. The average Bonchev–Trinajstić information content (AvgIpc) is 1.75. The van der Waals surface area contributed by atoms with Crippen molar-refractivity contribution >= 4 is 90.2 Å². The molecule has 0 radical (unpaired) electrons. The van der Waals surface area contributed by atoms with Gasteiger partial charge in [0.2, 0.25) is 5.43 Å². The number of piperazine rings is 1. The van der Waals surface area contributed by atoms with Crippen molar-refractivity contribution in [3.05, 3.63) is 192 Å². The lowest BCUT2D eigenvalue weighted by molar-refractivity contribution is -0.0808. The zero-order valence-corrected chi connectivity index (χ0v) is 54.6. The van der Waals surface area contributed by atoms with Gasteiger partial charge in [0.05, 0.1) is 65.1 Å². The van der Waals surface area contributed by atoms with Gasteiger partial charge in [-0.2, -0.15) is 10.4 Å². The molecule has 4 aliphatic rings. The molecule has 25 heteroatoms. The van der Waals surface area contributed by atoms with E-state index in [4.69, 9.17) is 39.3 Å². The molecule has 1 atom stereocenters. The van der Waals surface area contributed by atoms with Crippen LogP contribution < -0.4 is 36.5 Å². The summed E-state index contributed by atoms with van der Waals surface area (Å²) in [6.07, 6.45) is 0.324. The van der Waals surface area contributed by atoms with E-state index < -0.39 is 47.4 Å². The number of nitrogen functional groups attached to an aromatic ring is 1. The summed E-state index contributed by atoms with van der Waals surface area (Å²) in [5.74, 6) is -1.11. The molecule has 478 valence electrons. The lowest BCUT2D eigenvalue weighted by Gasteiger charge is -2.34. The summed E-state index contributed by atoms with van der Waals surface area (Å²) in [4.78, 5) is 47.0. The third-order valence-electron chi connectivity index (χ3n) is 15.6. The molecule has 18 nitrogen and oxygen atoms in total. The van der Waals surface area contributed by atoms with Gasteiger partial charge in [0.15, 0.2) is 17.4 Å². The number of nitriles is 1. The molecule has 8 aromatic rings. The number of benzene rings is 6. The fourth-order valence-corrected chi connectivity index (χ4v) is 10.6. The lowest BCUT2D eigenvalue weighted by atomic mass is 9.79. The highest BCUT2D eigenvalue weighted by atomic mass is 79.9. The van der Waals surface area contributed by atoms with Gasteiger partial charge in [0.25, 0.3) is 11.8 Å². The lowest BCUT2D eigenvalue weighted by Crippen LogP contribution is -2.44. The Hall–Kier alpha value is -8.09. The summed E-state index contributed by atoms with van der Waals surface area (Å²) in [6.45, 7) is 14.8. The normalized spacial score (nSPS) is 15.9. The number of carbonyl (C=O) groups is 2. The molecule has 6 aromatic carbocycles. The van der Waals surface area contributed by atoms with Gasteiger partial charge in [0, 0.05) is 55.8 Å². The molecule has 5 N–H and O–H groups in total. The van der Waals surface area contributed by atoms with Crippen molar-refractivity contribution in [1.82, 2.24) is 20.0 Å². The summed E-state index contributed by atoms with van der Waals surface area (Å²) >= 11 is 6.44. The van der Waals surface area contributed by atoms with Crippen molar-refractivity contribution in [1.29, 1.82) is 5.26 Å². The molecule has 0 aliphatic carbocycles. The molecule has 3 saturated heterocycles. The summed E-state index contributed by atoms with van der Waals surface area (Å²) in [7, 11) is 5.13. The van der Waals surface area contributed by atoms with Crippen molar-refractivity contribution in [3.63, 3.8) is 0 Å². The highest BCUT2D eigenvalue weighted by Gasteiger charge is 2.52. The second kappa shape index (κ2) is 30.4. The monoisotopic (exact) mass is 1380 g/mol. The minimum atomic E-state index is -0.835. The van der Waals surface area contributed by atoms with Gasteiger partial charge in [-0.25, -0.2) is 17.6 Å². The average molecular weight is 1380 g/mol. The number of hydrogen-bond donors (Lipinski definition) is 4. The number of amides is 2. The Labute approximate surface area is 542 Å². The van der Waals surface area contributed by atoms with Gasteiger partial charge in [-0.3, -0.25) is 24.4 Å². The molecule has 2 aromatic heterocycles. The number of aromatic amines is 1. The highest BCUT2D eigenvalue weighted by Crippen LogP contribution is 2.40. The van der Waals surface area contributed by atoms with Gasteiger partial charge in [-0.15, -0.1) is 0 Å². The minimum absolute atomic E-state index is 0.00988. The molecule has 2 amide bonds. The second-order valence-corrected chi connectivity index (χ2v) is 24.5. The van der Waals surface area contributed by atoms with Gasteiger partial charge in [-0.1, -0.05) is 93.4 Å². The van der Waals surface area contributed by atoms with Crippen LogP contribution in [0.25, 0.3) is 22.1 Å². The molecular formula is C66H70BBr2F4N9O9. The Balaban J connectivity index is 0.000000156. The van der Waals surface area contributed by atoms with E-state index in [0.29, 0.717) is 81.4 Å². The quantitative estimate of drug-likeness (QED) is 0.0507. The van der Waals surface area contributed by atoms with Crippen molar-refractivity contribution in [2.24, 2.45) is 0 Å². The number of imide groups is 1. The fourth-order valence-electron chi connectivity index (χ4n) is 9.89. The van der Waals surface area contributed by atoms with Crippen LogP contribution in [0.3, 0.4) is 0 Å². The van der Waals surface area contributed by atoms with E-state index in [9.17, 15) is 31.9 Å². The third kappa shape index (κ3) is 16.2. The molecule has 0 saturated carbocycles. The predicted octanol–water partition coefficient (Wildman–Crippen LogP) is 11.5. The number of likely N-dealkylation sites (N-methyl/N-ethyl adjacent to an activating group) is 1. The van der Waals surface area contributed by atoms with E-state index in [-0.39, 0.29) is 58.2 Å². The van der Waals surface area contributed by atoms with Crippen LogP contribution in [-0.2, 0) is 14.0 Å². The first-order chi connectivity index (χ1) is 43.4. The molecule has 91 heavy (non-hydrogen) atoms. The summed E-state index contributed by atoms with van der Waals surface area (Å²) in [5, 5.41) is 26.4. The maximum atomic E-state index is 14.6. The molecule has 4 aliphatic heterocycles. The smallest absolute Gasteiger partial charge is 0.483 e. The topological polar surface area (TPSA) is 225 Å². The number of carbonyl (C=O) groups excluding carboxylic acids is 2. The number of fused-ring (bicyclic) bond motifs is 2. The molecule has 3 fully saturated rings. The third-order valence-corrected chi connectivity index (χ3v) is 16.6. The van der Waals surface area contributed by atoms with Crippen molar-refractivity contribution in [2.45, 2.75) is 64.4 Å². The summed E-state index contributed by atoms with van der Waals surface area (Å²) in [6, 6.07) is 35.4. The van der Waals surface area contributed by atoms with Crippen LogP contribution in [0.15, 0.2) is 146 Å². The van der Waals surface area contributed by atoms with E-state index in [2.05, 4.69) is 64.2 Å². The first kappa shape index (κ1) is 68.8. The van der Waals surface area contributed by atoms with E-state index >= 15 is 0 Å². The molecule has 6 heterocycles. The SMILES string of the molecule is CC1(C)OB(c2ccc(NCCO)c(F)c2)OC1(C)C.CCC(c1oc2cccc(F)c2c(=O)c1-c1ccccc1)N1C(=O)c2ccccc2C1=O.CN(C)c1n[nH]c(N)c1C#N.CN1CCN(c2ccc(Br)cc2F)CC1.Fc1cc(Br)ccc1OC1COC1. The van der Waals surface area contributed by atoms with Crippen molar-refractivity contribution in [3.8, 4) is 22.9 Å². The number of nitrogens with one attached hydrogen (secondary N) is 2. The van der Waals surface area contributed by atoms with Crippen LogP contribution in [0.5, 0.6) is 5.75 Å². The Morgan fingerprint density at radius 3 is 1.97 bits per heavy atom. The number of nitrogens with two attached hydrogens (primary N) is 1. The van der Waals surface area contributed by atoms with E-state index in [1.807, 2.05) is 45.9 Å². The van der Waals surface area contributed by atoms with Crippen molar-refractivity contribution in [2.75, 3.05) is 94.5 Å². The number of rotatable bonds is 12. The number of anilines is 4. The number of aliphatic hydroxyl groups is 1. The van der Waals surface area contributed by atoms with Crippen LogP contribution in [0, 0.1) is 34.6 Å². The zero-order valence-electron chi connectivity index (χ0n) is 51.5. The van der Waals surface area contributed by atoms with Crippen molar-refractivity contribution < 1.29 is 55.5 Å². The second-order valence-electron chi connectivity index (χ2n) is 22.7. The maximum Gasteiger partial charge on any atom is 0.494 e. The van der Waals surface area contributed by atoms with Crippen LogP contribution >= 0.6 is 31.9 Å². The number of aliphatic hydroxyl groups excluding tert-OH is 1. The van der Waals surface area contributed by atoms with Gasteiger partial charge in [0.1, 0.15) is 57.7 Å². The van der Waals surface area contributed by atoms with Crippen LogP contribution in [-0.4, -0.2) is 135 Å². The number of hydrogen-bond acceptors (Lipinski definition) is 16. The Morgan fingerprint density at radius 2 is 1.43 bits per heavy atom. The van der Waals surface area contributed by atoms with E-state index in [1.54, 1.807) is 105 Å². The zero-order chi connectivity index (χ0) is 65.9. The fraction of sp³-hybridized carbons (Fsp3) is 0.318. The number of ether oxygens (including phenoxy) is 2. The van der Waals surface area contributed by atoms with Crippen LogP contribution in [0.1, 0.15) is 79.1 Å². The van der Waals surface area contributed by atoms with Gasteiger partial charge in [-0.05, 0) is 125 Å². The number of nitrogens with zero attached hydrogens (tertiary/aromatic N) is 6. The Kier molecular flexibility index (Phi) is 23.0. The number of halogens is 6. The summed E-state index contributed by atoms with van der Waals surface area (Å²) in [5.41, 5.74) is 7.48. The Bertz CT molecular complexity index is 3920. The molecular weight excluding hydrogens is 1310 g/mol. The highest BCUT2D eigenvalue weighted by molar-refractivity contribution is 9.10. The van der Waals surface area contributed by atoms with Crippen LogP contribution in [0.4, 0.5) is 40.6 Å². The molecule has 12 rings (SSSR count). The largest absolute Gasteiger partial charge is 0.494 e. The van der Waals surface area contributed by atoms with Crippen LogP contribution in [0.2, 0.25) is 0 Å². The summed E-state index contributed by atoms with van der Waals surface area (Å²) < 4.78 is 84.9. The van der Waals surface area contributed by atoms with E-state index in [1.165, 1.54) is 36.4 Å². The van der Waals surface area contributed by atoms with Gasteiger partial charge < -0.3 is 54.1 Å². The Morgan fingerprint density at radius 1 is 0.813 bits per heavy atom. The van der Waals surface area contributed by atoms with Gasteiger partial charge >= 0.3 is 7.12 Å². The predicted molar refractivity (Wildman–Crippen MR) is 351 cm³/mol. The van der Waals surface area contributed by atoms with E-state index in [0.717, 1.165) is 35.6 Å². The first-order valence-corrected chi connectivity index (χ1v) is 30.7. The molecule has 1 unspecified atom stereocenters. The standard InChI is InChI=1S/C26H18FNO4.C14H21BFNO3.C11H14BrFN2.C9H8BrFO2.C6H9N5/c1-2-19(28-25(30)16-11-6-7-12-17(16)26(28)31)24-21(15-9-4-3-5-10-15)23(29)22-18(27)13-8-14-20(22)32-24;1-13(2)14(3,4)20-15(19-13)10-5-6-12(11(16)9-10)17-7-8-18;1-14-4-6-15(7-5-14)11-3-2-9(12)8-10(11)13;10-6-1-2-9(8(11)3-6)13-7-4-12-5-7;1-11(2)6-4(3-7)5(8)9-10-6/h3-14,19H,2H2,1H3;5-6,9,17-18H,7-8H2,1-4H3;2-3,8H,4-7H2,1H3;1-3,7H,4-5H2;1-2H3,(H3,8,9,10). The first-order valence-electron chi connectivity index (χ1n) is 29.1. The maximum absolute atomic E-state index is 14.6. The molecule has 0 spiro atoms. The number of aromatic nitrogens is 2. The minimum Gasteiger partial charge on any atom is -0.483 e.